The predicted octanol–water partition coefficient (Wildman–Crippen LogP) is 1.39. The van der Waals surface area contributed by atoms with Gasteiger partial charge in [0.1, 0.15) is 5.54 Å². The third-order valence-corrected chi connectivity index (χ3v) is 10.1. The minimum absolute atomic E-state index is 0.00239. The van der Waals surface area contributed by atoms with Crippen LogP contribution < -0.4 is 16.4 Å². The van der Waals surface area contributed by atoms with Gasteiger partial charge in [-0.2, -0.15) is 0 Å². The molecule has 5 atom stereocenters. The number of carbonyl (C=O) groups excluding carboxylic acids is 4. The third-order valence-electron chi connectivity index (χ3n) is 10.1. The summed E-state index contributed by atoms with van der Waals surface area (Å²) in [6.07, 6.45) is 2.10. The molecule has 57 heavy (non-hydrogen) atoms. The first-order chi connectivity index (χ1) is 27.2. The molecule has 4 N–H and O–H groups in total. The summed E-state index contributed by atoms with van der Waals surface area (Å²) in [5.41, 5.74) is 4.06. The van der Waals surface area contributed by atoms with E-state index in [9.17, 15) is 19.2 Å². The molecule has 1 rings (SSSR count). The summed E-state index contributed by atoms with van der Waals surface area (Å²) in [7, 11) is 4.92. The Labute approximate surface area is 341 Å². The number of methoxy groups -OCH3 is 2. The van der Waals surface area contributed by atoms with Crippen LogP contribution >= 0.6 is 0 Å². The van der Waals surface area contributed by atoms with E-state index in [1.807, 2.05) is 18.7 Å². The maximum Gasteiger partial charge on any atom is 0.245 e. The average molecular weight is 820 g/mol. The standard InChI is InChI=1S/C40H77N5O12/c1-10-31(4)37(33(50-8)28-35(47)45-15-11-12-32(45)38(51-9)30(2)3)44(7)36(48)29-42-39(49)40(5,6)43-34(46)13-16-52-18-20-54-22-24-56-26-27-57-25-23-55-21-19-53-17-14-41/h30-33,37-38H,10-29,41H2,1-9H3,(H,42,49)(H,43,46). The van der Waals surface area contributed by atoms with Crippen molar-refractivity contribution in [3.8, 4) is 0 Å². The molecule has 0 aromatic heterocycles. The van der Waals surface area contributed by atoms with Crippen molar-refractivity contribution in [3.63, 3.8) is 0 Å². The van der Waals surface area contributed by atoms with Crippen molar-refractivity contribution < 1.29 is 57.1 Å². The second kappa shape index (κ2) is 30.5. The maximum absolute atomic E-state index is 13.7. The minimum Gasteiger partial charge on any atom is -0.379 e. The Morgan fingerprint density at radius 3 is 1.77 bits per heavy atom. The number of likely N-dealkylation sites (N-methyl/N-ethyl adjacent to an activating group) is 1. The van der Waals surface area contributed by atoms with Crippen LogP contribution in [0.1, 0.15) is 73.6 Å². The van der Waals surface area contributed by atoms with Gasteiger partial charge >= 0.3 is 0 Å². The number of likely N-dealkylation sites (tertiary alicyclic amines) is 1. The van der Waals surface area contributed by atoms with Crippen molar-refractivity contribution in [3.05, 3.63) is 0 Å². The quantitative estimate of drug-likeness (QED) is 0.0789. The maximum atomic E-state index is 13.7. The Morgan fingerprint density at radius 2 is 1.32 bits per heavy atom. The first-order valence-corrected chi connectivity index (χ1v) is 20.6. The fraction of sp³-hybridized carbons (Fsp3) is 0.900. The smallest absolute Gasteiger partial charge is 0.245 e. The highest BCUT2D eigenvalue weighted by Gasteiger charge is 2.40. The molecule has 0 aliphatic carbocycles. The number of hydrogen-bond donors (Lipinski definition) is 3. The SMILES string of the molecule is CCC(C)C(C(CC(=O)N1CCCC1C(OC)C(C)C)OC)N(C)C(=O)CNC(=O)C(C)(C)NC(=O)CCOCCOCCOCCOCCOCCOCCN. The molecular weight excluding hydrogens is 742 g/mol. The number of carbonyl (C=O) groups is 4. The van der Waals surface area contributed by atoms with E-state index < -0.39 is 23.6 Å². The molecule has 17 nitrogen and oxygen atoms in total. The van der Waals surface area contributed by atoms with Crippen LogP contribution in [0.4, 0.5) is 0 Å². The lowest BCUT2D eigenvalue weighted by molar-refractivity contribution is -0.144. The van der Waals surface area contributed by atoms with Crippen LogP contribution in [0.3, 0.4) is 0 Å². The molecule has 1 fully saturated rings. The number of hydrogen-bond acceptors (Lipinski definition) is 13. The summed E-state index contributed by atoms with van der Waals surface area (Å²) in [5.74, 6) is -0.968. The van der Waals surface area contributed by atoms with Gasteiger partial charge in [0.15, 0.2) is 0 Å². The minimum atomic E-state index is -1.28. The fourth-order valence-corrected chi connectivity index (χ4v) is 6.77. The Kier molecular flexibility index (Phi) is 28.2. The number of nitrogens with one attached hydrogen (secondary N) is 2. The van der Waals surface area contributed by atoms with Gasteiger partial charge in [-0.05, 0) is 38.5 Å². The number of nitrogens with zero attached hydrogens (tertiary/aromatic N) is 2. The zero-order valence-electron chi connectivity index (χ0n) is 36.5. The van der Waals surface area contributed by atoms with Crippen molar-refractivity contribution in [2.75, 3.05) is 120 Å². The first kappa shape index (κ1) is 52.5. The molecule has 0 spiro atoms. The van der Waals surface area contributed by atoms with Crippen LogP contribution in [0.15, 0.2) is 0 Å². The van der Waals surface area contributed by atoms with Gasteiger partial charge in [-0.3, -0.25) is 19.2 Å². The fourth-order valence-electron chi connectivity index (χ4n) is 6.77. The number of ether oxygens (including phenoxy) is 8. The molecule has 1 aliphatic heterocycles. The second-order valence-electron chi connectivity index (χ2n) is 15.2. The highest BCUT2D eigenvalue weighted by atomic mass is 16.6. The molecule has 1 aliphatic rings. The van der Waals surface area contributed by atoms with Gasteiger partial charge in [0.2, 0.25) is 23.6 Å². The van der Waals surface area contributed by atoms with Crippen molar-refractivity contribution in [2.24, 2.45) is 17.6 Å². The van der Waals surface area contributed by atoms with E-state index >= 15 is 0 Å². The molecular formula is C40H77N5O12. The van der Waals surface area contributed by atoms with Crippen LogP contribution in [-0.2, 0) is 57.1 Å². The number of nitrogens with two attached hydrogens (primary N) is 1. The zero-order valence-corrected chi connectivity index (χ0v) is 36.5. The van der Waals surface area contributed by atoms with E-state index in [4.69, 9.17) is 43.6 Å². The van der Waals surface area contributed by atoms with Crippen LogP contribution in [0.2, 0.25) is 0 Å². The van der Waals surface area contributed by atoms with Crippen LogP contribution in [0, 0.1) is 11.8 Å². The van der Waals surface area contributed by atoms with Crippen molar-refractivity contribution >= 4 is 23.6 Å². The topological polar surface area (TPSA) is 199 Å². The van der Waals surface area contributed by atoms with Gasteiger partial charge in [0.05, 0.1) is 117 Å². The van der Waals surface area contributed by atoms with Gasteiger partial charge in [0, 0.05) is 40.8 Å². The molecule has 5 unspecified atom stereocenters. The van der Waals surface area contributed by atoms with Crippen LogP contribution in [-0.4, -0.2) is 183 Å². The highest BCUT2D eigenvalue weighted by molar-refractivity contribution is 5.93. The Hall–Kier alpha value is -2.48. The van der Waals surface area contributed by atoms with Crippen LogP contribution in [0.5, 0.6) is 0 Å². The predicted molar refractivity (Wildman–Crippen MR) is 216 cm³/mol. The van der Waals surface area contributed by atoms with Gasteiger partial charge in [-0.15, -0.1) is 0 Å². The van der Waals surface area contributed by atoms with E-state index in [1.165, 1.54) is 0 Å². The molecule has 17 heteroatoms. The molecule has 0 saturated carbocycles. The van der Waals surface area contributed by atoms with E-state index in [0.29, 0.717) is 85.8 Å². The summed E-state index contributed by atoms with van der Waals surface area (Å²) < 4.78 is 44.1. The molecule has 334 valence electrons. The first-order valence-electron chi connectivity index (χ1n) is 20.6. The summed E-state index contributed by atoms with van der Waals surface area (Å²) in [4.78, 5) is 56.4. The Morgan fingerprint density at radius 1 is 0.807 bits per heavy atom. The zero-order chi connectivity index (χ0) is 42.6. The van der Waals surface area contributed by atoms with E-state index in [0.717, 1.165) is 19.3 Å². The summed E-state index contributed by atoms with van der Waals surface area (Å²) in [6, 6.07) is -0.415. The van der Waals surface area contributed by atoms with E-state index in [-0.39, 0.29) is 67.7 Å². The highest BCUT2D eigenvalue weighted by Crippen LogP contribution is 2.29. The normalized spacial score (nSPS) is 16.7. The molecule has 0 radical (unpaired) electrons. The van der Waals surface area contributed by atoms with Crippen LogP contribution in [0.25, 0.3) is 0 Å². The third kappa shape index (κ3) is 20.9. The summed E-state index contributed by atoms with van der Waals surface area (Å²) in [5, 5.41) is 5.39. The lowest BCUT2D eigenvalue weighted by Crippen LogP contribution is -2.57. The van der Waals surface area contributed by atoms with Gasteiger partial charge in [-0.25, -0.2) is 0 Å². The molecule has 1 saturated heterocycles. The van der Waals surface area contributed by atoms with Crippen molar-refractivity contribution in [2.45, 2.75) is 103 Å². The van der Waals surface area contributed by atoms with Gasteiger partial charge in [0.25, 0.3) is 0 Å². The molecule has 4 amide bonds. The van der Waals surface area contributed by atoms with Gasteiger partial charge in [-0.1, -0.05) is 34.1 Å². The number of rotatable bonds is 34. The number of amides is 4. The molecule has 0 aromatic carbocycles. The summed E-state index contributed by atoms with van der Waals surface area (Å²) in [6.45, 7) is 17.3. The molecule has 0 aromatic rings. The Balaban J connectivity index is 2.39. The molecule has 0 bridgehead atoms. The largest absolute Gasteiger partial charge is 0.379 e. The second-order valence-corrected chi connectivity index (χ2v) is 15.2. The monoisotopic (exact) mass is 820 g/mol. The Bertz CT molecular complexity index is 1120. The van der Waals surface area contributed by atoms with Crippen molar-refractivity contribution in [1.29, 1.82) is 0 Å². The summed E-state index contributed by atoms with van der Waals surface area (Å²) >= 11 is 0. The van der Waals surface area contributed by atoms with Crippen molar-refractivity contribution in [1.82, 2.24) is 20.4 Å². The van der Waals surface area contributed by atoms with E-state index in [1.54, 1.807) is 40.0 Å². The van der Waals surface area contributed by atoms with E-state index in [2.05, 4.69) is 24.5 Å². The molecule has 1 heterocycles. The average Bonchev–Trinajstić information content (AvgIpc) is 3.66. The lowest BCUT2D eigenvalue weighted by atomic mass is 9.90. The van der Waals surface area contributed by atoms with Gasteiger partial charge < -0.3 is 64.1 Å². The lowest BCUT2D eigenvalue weighted by Gasteiger charge is -2.39.